The molecule has 0 radical (unpaired) electrons. The Balaban J connectivity index is 1.91. The molecule has 0 bridgehead atoms. The van der Waals surface area contributed by atoms with E-state index in [9.17, 15) is 13.6 Å². The maximum absolute atomic E-state index is 13.4. The SMILES string of the molecule is O=C(NCc1cc(F)ccc1F)C(S)Cc1ccccc1. The highest BCUT2D eigenvalue weighted by molar-refractivity contribution is 7.81. The molecule has 2 aromatic rings. The Hall–Kier alpha value is -1.88. The summed E-state index contributed by atoms with van der Waals surface area (Å²) >= 11 is 4.25. The Morgan fingerprint density at radius 3 is 2.57 bits per heavy atom. The first-order valence-corrected chi connectivity index (χ1v) is 7.01. The standard InChI is InChI=1S/C16H15F2NOS/c17-13-6-7-14(18)12(9-13)10-19-16(20)15(21)8-11-4-2-1-3-5-11/h1-7,9,15,21H,8,10H2,(H,19,20). The molecule has 1 unspecified atom stereocenters. The lowest BCUT2D eigenvalue weighted by Gasteiger charge is -2.12. The van der Waals surface area contributed by atoms with Crippen molar-refractivity contribution >= 4 is 18.5 Å². The van der Waals surface area contributed by atoms with E-state index in [1.165, 1.54) is 0 Å². The van der Waals surface area contributed by atoms with E-state index < -0.39 is 16.9 Å². The summed E-state index contributed by atoms with van der Waals surface area (Å²) in [6, 6.07) is 12.6. The fraction of sp³-hybridized carbons (Fsp3) is 0.188. The Bertz CT molecular complexity index is 619. The molecule has 1 atom stereocenters. The highest BCUT2D eigenvalue weighted by atomic mass is 32.1. The van der Waals surface area contributed by atoms with Gasteiger partial charge in [0, 0.05) is 12.1 Å². The summed E-state index contributed by atoms with van der Waals surface area (Å²) in [5, 5.41) is 2.03. The van der Waals surface area contributed by atoms with Crippen LogP contribution < -0.4 is 5.32 Å². The average Bonchev–Trinajstić information content (AvgIpc) is 2.49. The Labute approximate surface area is 127 Å². The zero-order valence-corrected chi connectivity index (χ0v) is 12.1. The van der Waals surface area contributed by atoms with E-state index in [2.05, 4.69) is 17.9 Å². The fourth-order valence-corrected chi connectivity index (χ4v) is 2.21. The molecule has 0 aliphatic carbocycles. The topological polar surface area (TPSA) is 29.1 Å². The molecule has 0 aliphatic rings. The van der Waals surface area contributed by atoms with Crippen molar-refractivity contribution < 1.29 is 13.6 Å². The molecule has 2 rings (SSSR count). The Kier molecular flexibility index (Phi) is 5.33. The minimum atomic E-state index is -0.546. The highest BCUT2D eigenvalue weighted by Gasteiger charge is 2.15. The van der Waals surface area contributed by atoms with Gasteiger partial charge in [-0.15, -0.1) is 0 Å². The summed E-state index contributed by atoms with van der Waals surface area (Å²) in [5.41, 5.74) is 1.10. The first-order chi connectivity index (χ1) is 10.1. The van der Waals surface area contributed by atoms with Gasteiger partial charge < -0.3 is 5.32 Å². The summed E-state index contributed by atoms with van der Waals surface area (Å²) in [6.45, 7) is -0.0612. The average molecular weight is 307 g/mol. The predicted molar refractivity (Wildman–Crippen MR) is 81.1 cm³/mol. The maximum atomic E-state index is 13.4. The van der Waals surface area contributed by atoms with E-state index in [0.717, 1.165) is 23.8 Å². The molecule has 1 amide bonds. The number of nitrogens with one attached hydrogen (secondary N) is 1. The van der Waals surface area contributed by atoms with Gasteiger partial charge in [0.25, 0.3) is 0 Å². The highest BCUT2D eigenvalue weighted by Crippen LogP contribution is 2.11. The number of benzene rings is 2. The molecule has 1 N–H and O–H groups in total. The van der Waals surface area contributed by atoms with Crippen molar-refractivity contribution in [3.8, 4) is 0 Å². The van der Waals surface area contributed by atoms with E-state index in [1.807, 2.05) is 30.3 Å². The lowest BCUT2D eigenvalue weighted by Crippen LogP contribution is -2.32. The van der Waals surface area contributed by atoms with Crippen LogP contribution in [0.2, 0.25) is 0 Å². The second-order valence-corrected chi connectivity index (χ2v) is 5.28. The lowest BCUT2D eigenvalue weighted by molar-refractivity contribution is -0.120. The number of amides is 1. The van der Waals surface area contributed by atoms with Gasteiger partial charge >= 0.3 is 0 Å². The van der Waals surface area contributed by atoms with Crippen molar-refractivity contribution in [2.75, 3.05) is 0 Å². The fourth-order valence-electron chi connectivity index (χ4n) is 1.91. The van der Waals surface area contributed by atoms with Crippen LogP contribution in [0.15, 0.2) is 48.5 Å². The van der Waals surface area contributed by atoms with Crippen molar-refractivity contribution in [3.05, 3.63) is 71.3 Å². The van der Waals surface area contributed by atoms with Crippen LogP contribution in [0.1, 0.15) is 11.1 Å². The third-order valence-electron chi connectivity index (χ3n) is 3.04. The van der Waals surface area contributed by atoms with Crippen LogP contribution in [0, 0.1) is 11.6 Å². The van der Waals surface area contributed by atoms with Gasteiger partial charge in [-0.3, -0.25) is 4.79 Å². The van der Waals surface area contributed by atoms with E-state index in [4.69, 9.17) is 0 Å². The number of hydrogen-bond donors (Lipinski definition) is 2. The molecular weight excluding hydrogens is 292 g/mol. The molecule has 21 heavy (non-hydrogen) atoms. The molecule has 110 valence electrons. The van der Waals surface area contributed by atoms with Crippen LogP contribution in [0.5, 0.6) is 0 Å². The molecule has 0 fully saturated rings. The predicted octanol–water partition coefficient (Wildman–Crippen LogP) is 3.12. The zero-order chi connectivity index (χ0) is 15.2. The maximum Gasteiger partial charge on any atom is 0.233 e. The largest absolute Gasteiger partial charge is 0.351 e. The minimum absolute atomic E-state index is 0.0612. The third kappa shape index (κ3) is 4.56. The summed E-state index contributed by atoms with van der Waals surface area (Å²) in [6.07, 6.45) is 0.474. The van der Waals surface area contributed by atoms with Gasteiger partial charge in [0.1, 0.15) is 11.6 Å². The second-order valence-electron chi connectivity index (χ2n) is 4.66. The van der Waals surface area contributed by atoms with Crippen LogP contribution in [0.4, 0.5) is 8.78 Å². The lowest BCUT2D eigenvalue weighted by atomic mass is 10.1. The smallest absolute Gasteiger partial charge is 0.233 e. The number of carbonyl (C=O) groups is 1. The van der Waals surface area contributed by atoms with Crippen molar-refractivity contribution in [1.82, 2.24) is 5.32 Å². The molecule has 2 aromatic carbocycles. The second kappa shape index (κ2) is 7.22. The number of carbonyl (C=O) groups excluding carboxylic acids is 1. The first-order valence-electron chi connectivity index (χ1n) is 6.50. The van der Waals surface area contributed by atoms with Crippen LogP contribution in [0.3, 0.4) is 0 Å². The molecule has 5 heteroatoms. The quantitative estimate of drug-likeness (QED) is 0.817. The molecule has 0 saturated heterocycles. The number of halogens is 2. The van der Waals surface area contributed by atoms with Crippen LogP contribution in [-0.2, 0) is 17.8 Å². The Morgan fingerprint density at radius 1 is 1.14 bits per heavy atom. The zero-order valence-electron chi connectivity index (χ0n) is 11.2. The van der Waals surface area contributed by atoms with Gasteiger partial charge in [-0.05, 0) is 30.2 Å². The number of thiol groups is 1. The first kappa shape index (κ1) is 15.5. The molecule has 0 aliphatic heterocycles. The normalized spacial score (nSPS) is 12.0. The minimum Gasteiger partial charge on any atom is -0.351 e. The number of rotatable bonds is 5. The van der Waals surface area contributed by atoms with Crippen LogP contribution >= 0.6 is 12.6 Å². The van der Waals surface area contributed by atoms with E-state index in [1.54, 1.807) is 0 Å². The van der Waals surface area contributed by atoms with E-state index in [-0.39, 0.29) is 18.0 Å². The molecule has 0 aromatic heterocycles. The van der Waals surface area contributed by atoms with E-state index >= 15 is 0 Å². The molecule has 2 nitrogen and oxygen atoms in total. The van der Waals surface area contributed by atoms with Gasteiger partial charge in [-0.1, -0.05) is 30.3 Å². The van der Waals surface area contributed by atoms with Gasteiger partial charge in [-0.2, -0.15) is 12.6 Å². The summed E-state index contributed by atoms with van der Waals surface area (Å²) in [7, 11) is 0. The summed E-state index contributed by atoms with van der Waals surface area (Å²) < 4.78 is 26.5. The van der Waals surface area contributed by atoms with Crippen molar-refractivity contribution in [1.29, 1.82) is 0 Å². The van der Waals surface area contributed by atoms with Crippen LogP contribution in [0.25, 0.3) is 0 Å². The van der Waals surface area contributed by atoms with Crippen LogP contribution in [-0.4, -0.2) is 11.2 Å². The molecular formula is C16H15F2NOS. The summed E-state index contributed by atoms with van der Waals surface area (Å²) in [5.74, 6) is -1.39. The van der Waals surface area contributed by atoms with E-state index in [0.29, 0.717) is 6.42 Å². The summed E-state index contributed by atoms with van der Waals surface area (Å²) in [4.78, 5) is 11.9. The Morgan fingerprint density at radius 2 is 1.86 bits per heavy atom. The van der Waals surface area contributed by atoms with Crippen molar-refractivity contribution in [2.24, 2.45) is 0 Å². The molecule has 0 spiro atoms. The van der Waals surface area contributed by atoms with Gasteiger partial charge in [0.05, 0.1) is 5.25 Å². The van der Waals surface area contributed by atoms with Gasteiger partial charge in [0.2, 0.25) is 5.91 Å². The number of hydrogen-bond acceptors (Lipinski definition) is 2. The molecule has 0 heterocycles. The monoisotopic (exact) mass is 307 g/mol. The van der Waals surface area contributed by atoms with Crippen molar-refractivity contribution in [3.63, 3.8) is 0 Å². The molecule has 0 saturated carbocycles. The van der Waals surface area contributed by atoms with Crippen molar-refractivity contribution in [2.45, 2.75) is 18.2 Å². The third-order valence-corrected chi connectivity index (χ3v) is 3.45. The van der Waals surface area contributed by atoms with Gasteiger partial charge in [-0.25, -0.2) is 8.78 Å². The van der Waals surface area contributed by atoms with Gasteiger partial charge in [0.15, 0.2) is 0 Å².